The van der Waals surface area contributed by atoms with Crippen LogP contribution in [0.15, 0.2) is 12.2 Å². The number of rotatable bonds is 3. The highest BCUT2D eigenvalue weighted by Crippen LogP contribution is 1.89. The fourth-order valence-electron chi connectivity index (χ4n) is 0.348. The Labute approximate surface area is 59.1 Å². The summed E-state index contributed by atoms with van der Waals surface area (Å²) in [4.78, 5) is 0. The van der Waals surface area contributed by atoms with Crippen LogP contribution in [0.4, 0.5) is 0 Å². The van der Waals surface area contributed by atoms with Crippen LogP contribution in [0.3, 0.4) is 0 Å². The average molecular weight is 210 g/mol. The third kappa shape index (κ3) is 6.47. The standard InChI is InChI=1S/C6H11I/c1-2-3-4-5-6-7/h4-5H,2-3,6H2,1H3/b5-4-. The quantitative estimate of drug-likeness (QED) is 0.381. The van der Waals surface area contributed by atoms with Crippen LogP contribution in [0, 0.1) is 0 Å². The Morgan fingerprint density at radius 2 is 2.14 bits per heavy atom. The topological polar surface area (TPSA) is 0 Å². The van der Waals surface area contributed by atoms with Crippen molar-refractivity contribution in [1.82, 2.24) is 0 Å². The minimum atomic E-state index is 1.15. The van der Waals surface area contributed by atoms with E-state index < -0.39 is 0 Å². The molecule has 0 aromatic heterocycles. The Balaban J connectivity index is 2.78. The van der Waals surface area contributed by atoms with E-state index in [1.165, 1.54) is 12.8 Å². The molecule has 0 nitrogen and oxygen atoms in total. The SMILES string of the molecule is CCC/C=C\CI. The first-order chi connectivity index (χ1) is 3.41. The van der Waals surface area contributed by atoms with E-state index in [9.17, 15) is 0 Å². The van der Waals surface area contributed by atoms with Gasteiger partial charge < -0.3 is 0 Å². The molecule has 0 amide bonds. The van der Waals surface area contributed by atoms with Crippen LogP contribution in [0.2, 0.25) is 0 Å². The van der Waals surface area contributed by atoms with Gasteiger partial charge in [-0.3, -0.25) is 0 Å². The zero-order chi connectivity index (χ0) is 5.54. The Hall–Kier alpha value is 0.470. The van der Waals surface area contributed by atoms with Crippen molar-refractivity contribution in [3.05, 3.63) is 12.2 Å². The highest BCUT2D eigenvalue weighted by atomic mass is 127. The minimum Gasteiger partial charge on any atom is -0.0878 e. The molecule has 1 heteroatoms. The molecule has 0 saturated heterocycles. The molecule has 0 unspecified atom stereocenters. The van der Waals surface area contributed by atoms with E-state index in [1.807, 2.05) is 0 Å². The summed E-state index contributed by atoms with van der Waals surface area (Å²) in [6.45, 7) is 2.19. The molecule has 0 aliphatic carbocycles. The van der Waals surface area contributed by atoms with E-state index in [-0.39, 0.29) is 0 Å². The van der Waals surface area contributed by atoms with E-state index in [1.54, 1.807) is 0 Å². The second kappa shape index (κ2) is 6.47. The summed E-state index contributed by atoms with van der Waals surface area (Å²) in [7, 11) is 0. The largest absolute Gasteiger partial charge is 0.0878 e. The maximum atomic E-state index is 2.34. The zero-order valence-corrected chi connectivity index (χ0v) is 6.81. The van der Waals surface area contributed by atoms with Gasteiger partial charge in [-0.15, -0.1) is 0 Å². The third-order valence-corrected chi connectivity index (χ3v) is 1.22. The molecule has 0 aliphatic rings. The highest BCUT2D eigenvalue weighted by molar-refractivity contribution is 14.1. The second-order valence-electron chi connectivity index (χ2n) is 1.41. The van der Waals surface area contributed by atoms with Crippen molar-refractivity contribution < 1.29 is 0 Å². The van der Waals surface area contributed by atoms with E-state index >= 15 is 0 Å². The van der Waals surface area contributed by atoms with Gasteiger partial charge in [-0.1, -0.05) is 48.1 Å². The maximum absolute atomic E-state index is 2.34. The molecular formula is C6H11I. The molecule has 0 bridgehead atoms. The Morgan fingerprint density at radius 1 is 1.43 bits per heavy atom. The van der Waals surface area contributed by atoms with Crippen molar-refractivity contribution in [3.8, 4) is 0 Å². The first-order valence-corrected chi connectivity index (χ1v) is 4.15. The van der Waals surface area contributed by atoms with E-state index in [2.05, 4.69) is 41.7 Å². The van der Waals surface area contributed by atoms with Crippen molar-refractivity contribution >= 4 is 22.6 Å². The fourth-order valence-corrected chi connectivity index (χ4v) is 0.707. The molecular weight excluding hydrogens is 199 g/mol. The summed E-state index contributed by atoms with van der Waals surface area (Å²) in [5.74, 6) is 0. The lowest BCUT2D eigenvalue weighted by Gasteiger charge is -1.79. The molecule has 0 N–H and O–H groups in total. The number of unbranched alkanes of at least 4 members (excludes halogenated alkanes) is 1. The van der Waals surface area contributed by atoms with Gasteiger partial charge in [0.2, 0.25) is 0 Å². The van der Waals surface area contributed by atoms with Gasteiger partial charge in [0, 0.05) is 4.43 Å². The number of hydrogen-bond donors (Lipinski definition) is 0. The van der Waals surface area contributed by atoms with E-state index in [4.69, 9.17) is 0 Å². The molecule has 0 heterocycles. The predicted molar refractivity (Wildman–Crippen MR) is 42.9 cm³/mol. The highest BCUT2D eigenvalue weighted by Gasteiger charge is 1.68. The van der Waals surface area contributed by atoms with Crippen molar-refractivity contribution in [2.45, 2.75) is 19.8 Å². The number of allylic oxidation sites excluding steroid dienone is 2. The predicted octanol–water partition coefficient (Wildman–Crippen LogP) is 2.78. The first kappa shape index (κ1) is 7.47. The molecule has 0 aromatic carbocycles. The average Bonchev–Trinajstić information content (AvgIpc) is 1.69. The Kier molecular flexibility index (Phi) is 6.90. The molecule has 0 saturated carbocycles. The molecule has 7 heavy (non-hydrogen) atoms. The minimum absolute atomic E-state index is 1.15. The van der Waals surface area contributed by atoms with Crippen molar-refractivity contribution in [2.75, 3.05) is 4.43 Å². The summed E-state index contributed by atoms with van der Waals surface area (Å²) < 4.78 is 1.15. The number of alkyl halides is 1. The van der Waals surface area contributed by atoms with Crippen LogP contribution in [0.5, 0.6) is 0 Å². The summed E-state index contributed by atoms with van der Waals surface area (Å²) in [6, 6.07) is 0. The lowest BCUT2D eigenvalue weighted by Crippen LogP contribution is -1.61. The maximum Gasteiger partial charge on any atom is 0.0175 e. The van der Waals surface area contributed by atoms with Crippen LogP contribution in [-0.2, 0) is 0 Å². The number of halogens is 1. The lowest BCUT2D eigenvalue weighted by molar-refractivity contribution is 0.958. The lowest BCUT2D eigenvalue weighted by atomic mass is 10.3. The van der Waals surface area contributed by atoms with Crippen LogP contribution in [0.25, 0.3) is 0 Å². The summed E-state index contributed by atoms with van der Waals surface area (Å²) >= 11 is 2.34. The summed E-state index contributed by atoms with van der Waals surface area (Å²) in [6.07, 6.45) is 6.94. The second-order valence-corrected chi connectivity index (χ2v) is 2.30. The van der Waals surface area contributed by atoms with Crippen molar-refractivity contribution in [1.29, 1.82) is 0 Å². The van der Waals surface area contributed by atoms with Crippen LogP contribution in [0.1, 0.15) is 19.8 Å². The third-order valence-electron chi connectivity index (χ3n) is 0.711. The monoisotopic (exact) mass is 210 g/mol. The Bertz CT molecular complexity index is 48.1. The summed E-state index contributed by atoms with van der Waals surface area (Å²) in [5.41, 5.74) is 0. The van der Waals surface area contributed by atoms with Gasteiger partial charge in [0.25, 0.3) is 0 Å². The van der Waals surface area contributed by atoms with Gasteiger partial charge in [-0.25, -0.2) is 0 Å². The van der Waals surface area contributed by atoms with Crippen LogP contribution >= 0.6 is 22.6 Å². The van der Waals surface area contributed by atoms with Crippen LogP contribution in [-0.4, -0.2) is 4.43 Å². The van der Waals surface area contributed by atoms with Gasteiger partial charge in [0.05, 0.1) is 0 Å². The van der Waals surface area contributed by atoms with Crippen molar-refractivity contribution in [3.63, 3.8) is 0 Å². The molecule has 0 aromatic rings. The molecule has 0 rings (SSSR count). The molecule has 0 atom stereocenters. The van der Waals surface area contributed by atoms with Gasteiger partial charge in [0.15, 0.2) is 0 Å². The number of hydrogen-bond acceptors (Lipinski definition) is 0. The molecule has 42 valence electrons. The van der Waals surface area contributed by atoms with E-state index in [0.29, 0.717) is 0 Å². The van der Waals surface area contributed by atoms with E-state index in [0.717, 1.165) is 4.43 Å². The Morgan fingerprint density at radius 3 is 2.57 bits per heavy atom. The van der Waals surface area contributed by atoms with Gasteiger partial charge in [-0.2, -0.15) is 0 Å². The fraction of sp³-hybridized carbons (Fsp3) is 0.667. The molecule has 0 radical (unpaired) electrons. The first-order valence-electron chi connectivity index (χ1n) is 2.62. The molecule has 0 spiro atoms. The molecule has 0 fully saturated rings. The summed E-state index contributed by atoms with van der Waals surface area (Å²) in [5, 5.41) is 0. The van der Waals surface area contributed by atoms with Crippen molar-refractivity contribution in [2.24, 2.45) is 0 Å². The van der Waals surface area contributed by atoms with Crippen LogP contribution < -0.4 is 0 Å². The van der Waals surface area contributed by atoms with Gasteiger partial charge >= 0.3 is 0 Å². The van der Waals surface area contributed by atoms with Gasteiger partial charge in [-0.05, 0) is 6.42 Å². The molecule has 0 aliphatic heterocycles. The van der Waals surface area contributed by atoms with Gasteiger partial charge in [0.1, 0.15) is 0 Å². The zero-order valence-electron chi connectivity index (χ0n) is 4.65. The smallest absolute Gasteiger partial charge is 0.0175 e. The normalized spacial score (nSPS) is 10.6.